The van der Waals surface area contributed by atoms with Crippen LogP contribution >= 0.6 is 0 Å². The minimum absolute atomic E-state index is 0.112. The van der Waals surface area contributed by atoms with Crippen LogP contribution in [0.1, 0.15) is 12.8 Å². The number of hydrogen-bond donors (Lipinski definition) is 2. The van der Waals surface area contributed by atoms with E-state index in [4.69, 9.17) is 5.11 Å². The van der Waals surface area contributed by atoms with Gasteiger partial charge in [-0.2, -0.15) is 0 Å². The molecule has 0 unspecified atom stereocenters. The van der Waals surface area contributed by atoms with Gasteiger partial charge in [0, 0.05) is 25.9 Å². The van der Waals surface area contributed by atoms with Crippen molar-refractivity contribution in [3.8, 4) is 0 Å². The van der Waals surface area contributed by atoms with E-state index in [0.29, 0.717) is 19.5 Å². The zero-order valence-electron chi connectivity index (χ0n) is 6.56. The fourth-order valence-corrected chi connectivity index (χ4v) is 1.21. The largest absolute Gasteiger partial charge is 0.479 e. The van der Waals surface area contributed by atoms with Gasteiger partial charge in [0.2, 0.25) is 6.41 Å². The van der Waals surface area contributed by atoms with Gasteiger partial charge in [-0.3, -0.25) is 4.79 Å². The van der Waals surface area contributed by atoms with E-state index in [2.05, 4.69) is 0 Å². The third-order valence-electron chi connectivity index (χ3n) is 2.17. The van der Waals surface area contributed by atoms with E-state index in [1.807, 2.05) is 0 Å². The van der Waals surface area contributed by atoms with Gasteiger partial charge in [0.25, 0.3) is 0 Å². The Morgan fingerprint density at radius 2 is 1.92 bits per heavy atom. The Hall–Kier alpha value is -1.10. The van der Waals surface area contributed by atoms with Crippen LogP contribution in [0.5, 0.6) is 0 Å². The van der Waals surface area contributed by atoms with E-state index in [1.165, 1.54) is 4.90 Å². The number of aliphatic carboxylic acids is 1. The van der Waals surface area contributed by atoms with E-state index in [1.54, 1.807) is 0 Å². The van der Waals surface area contributed by atoms with Crippen LogP contribution in [0.4, 0.5) is 0 Å². The average molecular weight is 173 g/mol. The van der Waals surface area contributed by atoms with Gasteiger partial charge in [-0.1, -0.05) is 0 Å². The van der Waals surface area contributed by atoms with Crippen molar-refractivity contribution in [3.63, 3.8) is 0 Å². The van der Waals surface area contributed by atoms with Gasteiger partial charge in [-0.25, -0.2) is 4.79 Å². The predicted molar refractivity (Wildman–Crippen MR) is 39.5 cm³/mol. The van der Waals surface area contributed by atoms with Crippen molar-refractivity contribution in [1.82, 2.24) is 4.90 Å². The number of likely N-dealkylation sites (tertiary alicyclic amines) is 1. The second-order valence-electron chi connectivity index (χ2n) is 2.98. The van der Waals surface area contributed by atoms with Crippen LogP contribution in [-0.2, 0) is 9.59 Å². The zero-order valence-corrected chi connectivity index (χ0v) is 6.56. The molecule has 0 bridgehead atoms. The highest BCUT2D eigenvalue weighted by Gasteiger charge is 2.38. The number of nitrogens with zero attached hydrogens (tertiary/aromatic N) is 1. The Kier molecular flexibility index (Phi) is 2.32. The highest BCUT2D eigenvalue weighted by Crippen LogP contribution is 2.21. The summed E-state index contributed by atoms with van der Waals surface area (Å²) in [7, 11) is 0. The van der Waals surface area contributed by atoms with E-state index in [0.717, 1.165) is 0 Å². The van der Waals surface area contributed by atoms with Crippen molar-refractivity contribution in [2.75, 3.05) is 13.1 Å². The van der Waals surface area contributed by atoms with E-state index in [-0.39, 0.29) is 12.8 Å². The number of carboxylic acid groups (broad SMARTS) is 1. The molecular formula is C7H11NO4. The van der Waals surface area contributed by atoms with Gasteiger partial charge in [-0.15, -0.1) is 0 Å². The Bertz CT molecular complexity index is 196. The van der Waals surface area contributed by atoms with Crippen molar-refractivity contribution >= 4 is 12.4 Å². The number of rotatable bonds is 2. The molecule has 12 heavy (non-hydrogen) atoms. The van der Waals surface area contributed by atoms with E-state index >= 15 is 0 Å². The summed E-state index contributed by atoms with van der Waals surface area (Å²) in [6.07, 6.45) is 0.892. The van der Waals surface area contributed by atoms with Gasteiger partial charge in [0.15, 0.2) is 5.60 Å². The molecule has 1 rings (SSSR count). The summed E-state index contributed by atoms with van der Waals surface area (Å²) < 4.78 is 0. The van der Waals surface area contributed by atoms with Gasteiger partial charge in [0.1, 0.15) is 0 Å². The summed E-state index contributed by atoms with van der Waals surface area (Å²) in [4.78, 5) is 22.2. The van der Waals surface area contributed by atoms with Gasteiger partial charge in [-0.05, 0) is 0 Å². The average Bonchev–Trinajstić information content (AvgIpc) is 2.06. The molecule has 0 aromatic rings. The van der Waals surface area contributed by atoms with E-state index < -0.39 is 11.6 Å². The lowest BCUT2D eigenvalue weighted by molar-refractivity contribution is -0.164. The second-order valence-corrected chi connectivity index (χ2v) is 2.98. The molecule has 0 saturated carbocycles. The molecule has 1 fully saturated rings. The molecule has 1 aliphatic heterocycles. The van der Waals surface area contributed by atoms with Crippen molar-refractivity contribution in [2.45, 2.75) is 18.4 Å². The summed E-state index contributed by atoms with van der Waals surface area (Å²) in [5.74, 6) is -1.20. The molecule has 5 heteroatoms. The van der Waals surface area contributed by atoms with Crippen molar-refractivity contribution in [3.05, 3.63) is 0 Å². The molecule has 0 atom stereocenters. The maximum atomic E-state index is 10.5. The highest BCUT2D eigenvalue weighted by molar-refractivity contribution is 5.77. The van der Waals surface area contributed by atoms with Crippen LogP contribution in [0.3, 0.4) is 0 Å². The molecule has 68 valence electrons. The number of hydrogen-bond acceptors (Lipinski definition) is 3. The number of carbonyl (C=O) groups excluding carboxylic acids is 1. The Morgan fingerprint density at radius 1 is 1.42 bits per heavy atom. The lowest BCUT2D eigenvalue weighted by atomic mass is 9.92. The summed E-state index contributed by atoms with van der Waals surface area (Å²) in [6, 6.07) is 0. The van der Waals surface area contributed by atoms with E-state index in [9.17, 15) is 14.7 Å². The highest BCUT2D eigenvalue weighted by atomic mass is 16.4. The third-order valence-corrected chi connectivity index (χ3v) is 2.17. The SMILES string of the molecule is O=CN1CCC(O)(C(=O)O)CC1. The van der Waals surface area contributed by atoms with Crippen LogP contribution in [0.15, 0.2) is 0 Å². The molecule has 1 aliphatic rings. The zero-order chi connectivity index (χ0) is 9.19. The second kappa shape index (κ2) is 3.10. The molecular weight excluding hydrogens is 162 g/mol. The third kappa shape index (κ3) is 1.55. The molecule has 1 heterocycles. The van der Waals surface area contributed by atoms with Crippen molar-refractivity contribution in [1.29, 1.82) is 0 Å². The smallest absolute Gasteiger partial charge is 0.335 e. The van der Waals surface area contributed by atoms with Crippen LogP contribution in [0.25, 0.3) is 0 Å². The molecule has 1 amide bonds. The molecule has 0 aromatic carbocycles. The molecule has 0 spiro atoms. The van der Waals surface area contributed by atoms with Crippen LogP contribution in [0.2, 0.25) is 0 Å². The molecule has 5 nitrogen and oxygen atoms in total. The maximum Gasteiger partial charge on any atom is 0.335 e. The molecule has 1 saturated heterocycles. The van der Waals surface area contributed by atoms with Gasteiger partial charge in [0.05, 0.1) is 0 Å². The number of carboxylic acids is 1. The fraction of sp³-hybridized carbons (Fsp3) is 0.714. The quantitative estimate of drug-likeness (QED) is 0.528. The van der Waals surface area contributed by atoms with Crippen LogP contribution in [-0.4, -0.2) is 46.2 Å². The Labute approximate surface area is 69.6 Å². The molecule has 0 aliphatic carbocycles. The lowest BCUT2D eigenvalue weighted by Gasteiger charge is -2.33. The fourth-order valence-electron chi connectivity index (χ4n) is 1.21. The minimum Gasteiger partial charge on any atom is -0.479 e. The number of amides is 1. The molecule has 2 N–H and O–H groups in total. The first-order valence-corrected chi connectivity index (χ1v) is 3.73. The van der Waals surface area contributed by atoms with Crippen molar-refractivity contribution < 1.29 is 19.8 Å². The Morgan fingerprint density at radius 3 is 2.25 bits per heavy atom. The van der Waals surface area contributed by atoms with Crippen LogP contribution in [0, 0.1) is 0 Å². The lowest BCUT2D eigenvalue weighted by Crippen LogP contribution is -2.48. The number of piperidine rings is 1. The number of carbonyl (C=O) groups is 2. The van der Waals surface area contributed by atoms with Gasteiger partial charge >= 0.3 is 5.97 Å². The number of aliphatic hydroxyl groups is 1. The topological polar surface area (TPSA) is 77.8 Å². The first-order chi connectivity index (χ1) is 5.58. The predicted octanol–water partition coefficient (Wildman–Crippen LogP) is -0.946. The standard InChI is InChI=1S/C7H11NO4/c9-5-8-3-1-7(12,2-4-8)6(10)11/h5,12H,1-4H2,(H,10,11). The van der Waals surface area contributed by atoms with Gasteiger partial charge < -0.3 is 15.1 Å². The minimum atomic E-state index is -1.63. The molecule has 0 radical (unpaired) electrons. The normalized spacial score (nSPS) is 21.9. The Balaban J connectivity index is 2.55. The van der Waals surface area contributed by atoms with Crippen molar-refractivity contribution in [2.24, 2.45) is 0 Å². The summed E-state index contributed by atoms with van der Waals surface area (Å²) in [6.45, 7) is 0.624. The first-order valence-electron chi connectivity index (χ1n) is 3.73. The maximum absolute atomic E-state index is 10.5. The molecule has 0 aromatic heterocycles. The summed E-state index contributed by atoms with van der Waals surface area (Å²) in [5.41, 5.74) is -1.63. The summed E-state index contributed by atoms with van der Waals surface area (Å²) >= 11 is 0. The summed E-state index contributed by atoms with van der Waals surface area (Å²) in [5, 5.41) is 18.0. The first kappa shape index (κ1) is 8.99. The van der Waals surface area contributed by atoms with Crippen LogP contribution < -0.4 is 0 Å². The monoisotopic (exact) mass is 173 g/mol.